The van der Waals surface area contributed by atoms with E-state index >= 15 is 0 Å². The lowest BCUT2D eigenvalue weighted by atomic mass is 9.82. The number of hydrogen-bond acceptors (Lipinski definition) is 2. The Hall–Kier alpha value is -1.98. The van der Waals surface area contributed by atoms with Crippen LogP contribution in [0.2, 0.25) is 0 Å². The lowest BCUT2D eigenvalue weighted by Crippen LogP contribution is -2.52. The zero-order chi connectivity index (χ0) is 18.2. The van der Waals surface area contributed by atoms with Crippen LogP contribution in [-0.2, 0) is 9.79 Å². The lowest BCUT2D eigenvalue weighted by Gasteiger charge is -2.46. The van der Waals surface area contributed by atoms with Gasteiger partial charge in [0.05, 0.1) is 5.56 Å². The molecule has 2 unspecified atom stereocenters. The summed E-state index contributed by atoms with van der Waals surface area (Å²) >= 11 is 12.9. The number of aromatic nitrogens is 1. The van der Waals surface area contributed by atoms with Crippen LogP contribution < -0.4 is 0 Å². The van der Waals surface area contributed by atoms with Crippen molar-refractivity contribution in [1.82, 2.24) is 9.88 Å². The maximum Gasteiger partial charge on any atom is 0.266 e. The van der Waals surface area contributed by atoms with E-state index in [-0.39, 0.29) is 17.1 Å². The van der Waals surface area contributed by atoms with Crippen LogP contribution in [0.3, 0.4) is 0 Å². The summed E-state index contributed by atoms with van der Waals surface area (Å²) in [4.78, 5) is 15.9. The Labute approximate surface area is 153 Å². The van der Waals surface area contributed by atoms with Gasteiger partial charge in [0.25, 0.3) is 5.91 Å². The number of nitrogens with zero attached hydrogens (tertiary/aromatic N) is 2. The fourth-order valence-electron chi connectivity index (χ4n) is 3.15. The predicted octanol–water partition coefficient (Wildman–Crippen LogP) is 4.52. The summed E-state index contributed by atoms with van der Waals surface area (Å²) in [5.41, 5.74) is 0.199. The second-order valence-electron chi connectivity index (χ2n) is 5.60. The summed E-state index contributed by atoms with van der Waals surface area (Å²) in [6.45, 7) is 1.79. The van der Waals surface area contributed by atoms with Crippen molar-refractivity contribution < 1.29 is 13.6 Å². The van der Waals surface area contributed by atoms with E-state index in [1.54, 1.807) is 25.3 Å². The highest BCUT2D eigenvalue weighted by atomic mass is 35.5. The monoisotopic (exact) mass is 382 g/mol. The summed E-state index contributed by atoms with van der Waals surface area (Å²) in [7, 11) is 0. The fourth-order valence-corrected chi connectivity index (χ4v) is 3.94. The van der Waals surface area contributed by atoms with Crippen molar-refractivity contribution in [2.24, 2.45) is 0 Å². The minimum absolute atomic E-state index is 0.0521. The molecule has 1 aromatic carbocycles. The van der Waals surface area contributed by atoms with Gasteiger partial charge in [0, 0.05) is 24.9 Å². The van der Waals surface area contributed by atoms with E-state index in [2.05, 4.69) is 4.98 Å². The topological polar surface area (TPSA) is 33.2 Å². The van der Waals surface area contributed by atoms with Gasteiger partial charge in [-0.05, 0) is 36.8 Å². The number of halogens is 4. The third kappa shape index (κ3) is 2.81. The second kappa shape index (κ2) is 6.73. The lowest BCUT2D eigenvalue weighted by molar-refractivity contribution is -0.131. The number of alkyl halides is 1. The first-order valence-electron chi connectivity index (χ1n) is 7.63. The molecule has 1 aliphatic heterocycles. The number of carbonyl (C=O) groups excluding carboxylic acids is 1. The zero-order valence-electron chi connectivity index (χ0n) is 13.2. The number of carbonyl (C=O) groups is 1. The van der Waals surface area contributed by atoms with Crippen LogP contribution in [0.4, 0.5) is 8.78 Å². The molecular weight excluding hydrogens is 369 g/mol. The van der Waals surface area contributed by atoms with Gasteiger partial charge >= 0.3 is 0 Å². The van der Waals surface area contributed by atoms with Gasteiger partial charge in [-0.2, -0.15) is 0 Å². The molecule has 130 valence electrons. The van der Waals surface area contributed by atoms with Crippen molar-refractivity contribution in [2.45, 2.75) is 17.8 Å². The normalized spacial score (nSPS) is 23.6. The van der Waals surface area contributed by atoms with Crippen molar-refractivity contribution >= 4 is 29.1 Å². The van der Waals surface area contributed by atoms with Crippen LogP contribution in [0.25, 0.3) is 0 Å². The Morgan fingerprint density at radius 1 is 1.24 bits per heavy atom. The fraction of sp³-hybridized carbons (Fsp3) is 0.222. The number of likely N-dealkylation sites (N-methyl/N-ethyl adjacent to an activating group) is 1. The van der Waals surface area contributed by atoms with Gasteiger partial charge in [-0.3, -0.25) is 9.78 Å². The Morgan fingerprint density at radius 3 is 2.48 bits per heavy atom. The number of amides is 1. The van der Waals surface area contributed by atoms with Crippen molar-refractivity contribution in [3.05, 3.63) is 76.6 Å². The molecule has 0 saturated heterocycles. The highest BCUT2D eigenvalue weighted by molar-refractivity contribution is 6.43. The molecule has 2 heterocycles. The van der Waals surface area contributed by atoms with Gasteiger partial charge in [0.15, 0.2) is 5.00 Å². The van der Waals surface area contributed by atoms with E-state index in [4.69, 9.17) is 23.2 Å². The van der Waals surface area contributed by atoms with Crippen molar-refractivity contribution in [3.8, 4) is 0 Å². The quantitative estimate of drug-likeness (QED) is 0.577. The Bertz CT molecular complexity index is 824. The predicted molar refractivity (Wildman–Crippen MR) is 92.2 cm³/mol. The highest BCUT2D eigenvalue weighted by Gasteiger charge is 2.52. The highest BCUT2D eigenvalue weighted by Crippen LogP contribution is 2.51. The number of hydrogen-bond donors (Lipinski definition) is 0. The van der Waals surface area contributed by atoms with Crippen LogP contribution in [0.15, 0.2) is 53.8 Å². The molecule has 3 rings (SSSR count). The van der Waals surface area contributed by atoms with Crippen LogP contribution in [-0.4, -0.2) is 22.3 Å². The largest absolute Gasteiger partial charge is 0.314 e. The molecule has 0 radical (unpaired) electrons. The molecule has 0 N–H and O–H groups in total. The first-order chi connectivity index (χ1) is 11.9. The van der Waals surface area contributed by atoms with Gasteiger partial charge in [0.2, 0.25) is 0 Å². The van der Waals surface area contributed by atoms with E-state index in [0.29, 0.717) is 5.56 Å². The summed E-state index contributed by atoms with van der Waals surface area (Å²) in [6, 6.07) is 6.87. The second-order valence-corrected chi connectivity index (χ2v) is 6.58. The molecular formula is C18H14Cl2F2N2O. The molecule has 0 bridgehead atoms. The molecule has 0 aliphatic carbocycles. The Balaban J connectivity index is 2.33. The molecule has 2 atom stereocenters. The van der Waals surface area contributed by atoms with Gasteiger partial charge < -0.3 is 4.90 Å². The Kier molecular flexibility index (Phi) is 4.80. The minimum Gasteiger partial charge on any atom is -0.314 e. The van der Waals surface area contributed by atoms with Crippen molar-refractivity contribution in [2.75, 3.05) is 6.54 Å². The van der Waals surface area contributed by atoms with Crippen LogP contribution in [0, 0.1) is 11.6 Å². The standard InChI is InChI=1S/C18H14Cl2F2N2O/c1-2-24-17(25)13(19)9-12(11-5-4-8-23-10-11)18(24,20)16-14(21)6-3-7-15(16)22/h3-10,12H,2H2,1H3. The van der Waals surface area contributed by atoms with E-state index in [9.17, 15) is 13.6 Å². The van der Waals surface area contributed by atoms with Gasteiger partial charge in [-0.15, -0.1) is 0 Å². The molecule has 7 heteroatoms. The van der Waals surface area contributed by atoms with Crippen molar-refractivity contribution in [1.29, 1.82) is 0 Å². The minimum atomic E-state index is -1.80. The number of benzene rings is 1. The average molecular weight is 383 g/mol. The van der Waals surface area contributed by atoms with E-state index in [0.717, 1.165) is 12.1 Å². The SMILES string of the molecule is CCN1C(=O)C(Cl)=CC(c2cccnc2)C1(Cl)c1c(F)cccc1F. The maximum absolute atomic E-state index is 14.6. The third-order valence-electron chi connectivity index (χ3n) is 4.24. The maximum atomic E-state index is 14.6. The van der Waals surface area contributed by atoms with E-state index < -0.39 is 28.5 Å². The summed E-state index contributed by atoms with van der Waals surface area (Å²) < 4.78 is 29.1. The van der Waals surface area contributed by atoms with Gasteiger partial charge in [-0.25, -0.2) is 8.78 Å². The van der Waals surface area contributed by atoms with Crippen molar-refractivity contribution in [3.63, 3.8) is 0 Å². The summed E-state index contributed by atoms with van der Waals surface area (Å²) in [5, 5.41) is -0.0521. The van der Waals surface area contributed by atoms with Crippen LogP contribution in [0.1, 0.15) is 24.0 Å². The van der Waals surface area contributed by atoms with E-state index in [1.165, 1.54) is 23.2 Å². The molecule has 2 aromatic rings. The summed E-state index contributed by atoms with van der Waals surface area (Å²) in [6.07, 6.45) is 4.52. The summed E-state index contributed by atoms with van der Waals surface area (Å²) in [5.74, 6) is -3.02. The molecule has 0 fully saturated rings. The Morgan fingerprint density at radius 2 is 1.92 bits per heavy atom. The first kappa shape index (κ1) is 17.8. The van der Waals surface area contributed by atoms with E-state index in [1.807, 2.05) is 0 Å². The van der Waals surface area contributed by atoms with Crippen LogP contribution in [0.5, 0.6) is 0 Å². The number of rotatable bonds is 3. The first-order valence-corrected chi connectivity index (χ1v) is 8.39. The third-order valence-corrected chi connectivity index (χ3v) is 5.16. The molecule has 1 aromatic heterocycles. The molecule has 3 nitrogen and oxygen atoms in total. The molecule has 25 heavy (non-hydrogen) atoms. The van der Waals surface area contributed by atoms with Gasteiger partial charge in [0.1, 0.15) is 16.7 Å². The van der Waals surface area contributed by atoms with Crippen LogP contribution >= 0.6 is 23.2 Å². The smallest absolute Gasteiger partial charge is 0.266 e. The zero-order valence-corrected chi connectivity index (χ0v) is 14.7. The molecule has 0 spiro atoms. The average Bonchev–Trinajstić information content (AvgIpc) is 2.59. The van der Waals surface area contributed by atoms with Gasteiger partial charge in [-0.1, -0.05) is 35.3 Å². The molecule has 1 aliphatic rings. The molecule has 1 amide bonds. The number of pyridine rings is 1. The molecule has 0 saturated carbocycles.